The third-order valence-electron chi connectivity index (χ3n) is 4.98. The molecule has 1 aromatic carbocycles. The van der Waals surface area contributed by atoms with Gasteiger partial charge in [0.1, 0.15) is 13.2 Å². The molecule has 2 heterocycles. The van der Waals surface area contributed by atoms with Crippen molar-refractivity contribution in [3.8, 4) is 11.5 Å². The zero-order valence-corrected chi connectivity index (χ0v) is 19.8. The first-order valence-corrected chi connectivity index (χ1v) is 10.2. The van der Waals surface area contributed by atoms with E-state index in [1.807, 2.05) is 12.1 Å². The Balaban J connectivity index is 0.00000280. The number of hydrogen-bond acceptors (Lipinski definition) is 4. The van der Waals surface area contributed by atoms with E-state index >= 15 is 0 Å². The fourth-order valence-electron chi connectivity index (χ4n) is 3.41. The average molecular weight is 524 g/mol. The van der Waals surface area contributed by atoms with E-state index in [0.717, 1.165) is 56.6 Å². The number of guanidine groups is 1. The zero-order chi connectivity index (χ0) is 19.1. The predicted molar refractivity (Wildman–Crippen MR) is 123 cm³/mol. The third kappa shape index (κ3) is 6.56. The molecule has 28 heavy (non-hydrogen) atoms. The Morgan fingerprint density at radius 1 is 1.21 bits per heavy atom. The van der Waals surface area contributed by atoms with Crippen LogP contribution < -0.4 is 14.8 Å². The Morgan fingerprint density at radius 2 is 1.96 bits per heavy atom. The number of hydrogen-bond donors (Lipinski definition) is 1. The molecule has 2 aliphatic rings. The van der Waals surface area contributed by atoms with Gasteiger partial charge in [-0.3, -0.25) is 0 Å². The van der Waals surface area contributed by atoms with E-state index in [1.54, 1.807) is 0 Å². The first-order chi connectivity index (χ1) is 13.2. The van der Waals surface area contributed by atoms with Crippen molar-refractivity contribution in [1.29, 1.82) is 0 Å². The van der Waals surface area contributed by atoms with Crippen LogP contribution in [0.5, 0.6) is 11.5 Å². The van der Waals surface area contributed by atoms with Crippen LogP contribution in [0.4, 0.5) is 0 Å². The maximum Gasteiger partial charge on any atom is 0.193 e. The van der Waals surface area contributed by atoms with Gasteiger partial charge in [0.05, 0.1) is 11.6 Å². The van der Waals surface area contributed by atoms with Crippen LogP contribution in [-0.4, -0.2) is 57.4 Å². The van der Waals surface area contributed by atoms with Crippen LogP contribution in [0.3, 0.4) is 0 Å². The topological polar surface area (TPSA) is 55.3 Å². The highest BCUT2D eigenvalue weighted by Gasteiger charge is 2.17. The molecular weight excluding hydrogens is 493 g/mol. The minimum absolute atomic E-state index is 0. The van der Waals surface area contributed by atoms with E-state index < -0.39 is 0 Å². The molecule has 0 amide bonds. The fourth-order valence-corrected chi connectivity index (χ4v) is 3.70. The van der Waals surface area contributed by atoms with Crippen LogP contribution in [0.1, 0.15) is 31.7 Å². The fraction of sp³-hybridized carbons (Fsp3) is 0.650. The van der Waals surface area contributed by atoms with Gasteiger partial charge in [-0.25, -0.2) is 4.99 Å². The quantitative estimate of drug-likeness (QED) is 0.348. The van der Waals surface area contributed by atoms with Crippen molar-refractivity contribution < 1.29 is 14.2 Å². The Morgan fingerprint density at radius 3 is 2.71 bits per heavy atom. The number of halogens is 2. The van der Waals surface area contributed by atoms with Gasteiger partial charge in [-0.2, -0.15) is 0 Å². The summed E-state index contributed by atoms with van der Waals surface area (Å²) in [6.07, 6.45) is 3.49. The van der Waals surface area contributed by atoms with Gasteiger partial charge in [-0.1, -0.05) is 11.6 Å². The first kappa shape index (κ1) is 23.3. The highest BCUT2D eigenvalue weighted by Crippen LogP contribution is 2.38. The highest BCUT2D eigenvalue weighted by molar-refractivity contribution is 14.0. The number of nitrogens with zero attached hydrogens (tertiary/aromatic N) is 2. The second kappa shape index (κ2) is 11.9. The molecule has 0 saturated carbocycles. The second-order valence-corrected chi connectivity index (χ2v) is 7.45. The maximum atomic E-state index is 6.33. The van der Waals surface area contributed by atoms with Gasteiger partial charge in [0.15, 0.2) is 17.5 Å². The van der Waals surface area contributed by atoms with E-state index in [9.17, 15) is 0 Å². The number of ether oxygens (including phenoxy) is 3. The molecule has 8 heteroatoms. The summed E-state index contributed by atoms with van der Waals surface area (Å²) in [4.78, 5) is 7.00. The van der Waals surface area contributed by atoms with Crippen molar-refractivity contribution in [2.24, 2.45) is 10.9 Å². The van der Waals surface area contributed by atoms with Crippen molar-refractivity contribution in [3.63, 3.8) is 0 Å². The molecule has 1 saturated heterocycles. The third-order valence-corrected chi connectivity index (χ3v) is 5.26. The molecule has 0 unspecified atom stereocenters. The summed E-state index contributed by atoms with van der Waals surface area (Å²) in [7, 11) is 2.09. The van der Waals surface area contributed by atoms with E-state index in [0.29, 0.717) is 36.3 Å². The van der Waals surface area contributed by atoms with Crippen molar-refractivity contribution in [2.75, 3.05) is 46.6 Å². The van der Waals surface area contributed by atoms with Gasteiger partial charge >= 0.3 is 0 Å². The molecule has 6 nitrogen and oxygen atoms in total. The molecule has 0 radical (unpaired) electrons. The lowest BCUT2D eigenvalue weighted by Crippen LogP contribution is -2.40. The summed E-state index contributed by atoms with van der Waals surface area (Å²) in [6, 6.07) is 3.87. The summed E-state index contributed by atoms with van der Waals surface area (Å²) in [5, 5.41) is 3.96. The van der Waals surface area contributed by atoms with Crippen molar-refractivity contribution in [3.05, 3.63) is 22.7 Å². The molecule has 2 aliphatic heterocycles. The van der Waals surface area contributed by atoms with E-state index in [4.69, 9.17) is 30.8 Å². The maximum absolute atomic E-state index is 6.33. The van der Waals surface area contributed by atoms with Gasteiger partial charge in [0.2, 0.25) is 0 Å². The Bertz CT molecular complexity index is 654. The molecule has 0 spiro atoms. The van der Waals surface area contributed by atoms with E-state index in [1.165, 1.54) is 6.42 Å². The number of aliphatic imine (C=N–C) groups is 1. The molecule has 1 aromatic rings. The SMILES string of the molecule is CCNC(=NCc1cc(Cl)c2c(c1)OCCO2)N(C)CCC1CCOCC1.I. The summed E-state index contributed by atoms with van der Waals surface area (Å²) in [5.74, 6) is 3.00. The van der Waals surface area contributed by atoms with Gasteiger partial charge in [0.25, 0.3) is 0 Å². The van der Waals surface area contributed by atoms with Gasteiger partial charge in [-0.05, 0) is 49.8 Å². The monoisotopic (exact) mass is 523 g/mol. The lowest BCUT2D eigenvalue weighted by Gasteiger charge is -2.27. The predicted octanol–water partition coefficient (Wildman–Crippen LogP) is 3.94. The summed E-state index contributed by atoms with van der Waals surface area (Å²) < 4.78 is 16.7. The van der Waals surface area contributed by atoms with Crippen molar-refractivity contribution in [1.82, 2.24) is 10.2 Å². The molecule has 3 rings (SSSR count). The molecule has 158 valence electrons. The van der Waals surface area contributed by atoms with E-state index in [-0.39, 0.29) is 24.0 Å². The molecule has 0 aromatic heterocycles. The highest BCUT2D eigenvalue weighted by atomic mass is 127. The zero-order valence-electron chi connectivity index (χ0n) is 16.7. The van der Waals surface area contributed by atoms with Crippen LogP contribution in [0.2, 0.25) is 5.02 Å². The molecule has 1 N–H and O–H groups in total. The number of fused-ring (bicyclic) bond motifs is 1. The standard InChI is InChI=1S/C20H30ClN3O3.HI/c1-3-22-20(24(2)7-4-15-5-8-25-9-6-15)23-14-16-12-17(21)19-18(13-16)26-10-11-27-19;/h12-13,15H,3-11,14H2,1-2H3,(H,22,23);1H. The van der Waals surface area contributed by atoms with Crippen LogP contribution in [0.15, 0.2) is 17.1 Å². The summed E-state index contributed by atoms with van der Waals surface area (Å²) in [6.45, 7) is 7.32. The number of rotatable bonds is 6. The van der Waals surface area contributed by atoms with Gasteiger partial charge < -0.3 is 24.4 Å². The van der Waals surface area contributed by atoms with Crippen LogP contribution in [-0.2, 0) is 11.3 Å². The van der Waals surface area contributed by atoms with Gasteiger partial charge in [0, 0.05) is 33.4 Å². The normalized spacial score (nSPS) is 17.0. The Kier molecular flexibility index (Phi) is 9.94. The van der Waals surface area contributed by atoms with Crippen LogP contribution in [0, 0.1) is 5.92 Å². The smallest absolute Gasteiger partial charge is 0.193 e. The molecule has 0 atom stereocenters. The van der Waals surface area contributed by atoms with Crippen molar-refractivity contribution in [2.45, 2.75) is 32.7 Å². The lowest BCUT2D eigenvalue weighted by atomic mass is 9.96. The van der Waals surface area contributed by atoms with Crippen LogP contribution in [0.25, 0.3) is 0 Å². The minimum atomic E-state index is 0. The Hall–Kier alpha value is -0.930. The van der Waals surface area contributed by atoms with Crippen LogP contribution >= 0.6 is 35.6 Å². The minimum Gasteiger partial charge on any atom is -0.486 e. The molecule has 1 fully saturated rings. The molecular formula is C20H31ClIN3O3. The average Bonchev–Trinajstić information content (AvgIpc) is 2.70. The summed E-state index contributed by atoms with van der Waals surface area (Å²) >= 11 is 6.33. The molecule has 0 aliphatic carbocycles. The van der Waals surface area contributed by atoms with Crippen molar-refractivity contribution >= 4 is 41.5 Å². The Labute approximate surface area is 190 Å². The van der Waals surface area contributed by atoms with E-state index in [2.05, 4.69) is 24.2 Å². The number of benzene rings is 1. The van der Waals surface area contributed by atoms with Gasteiger partial charge in [-0.15, -0.1) is 24.0 Å². The number of nitrogens with one attached hydrogen (secondary N) is 1. The lowest BCUT2D eigenvalue weighted by molar-refractivity contribution is 0.0625. The molecule has 0 bridgehead atoms. The summed E-state index contributed by atoms with van der Waals surface area (Å²) in [5.41, 5.74) is 1.01. The second-order valence-electron chi connectivity index (χ2n) is 7.04. The largest absolute Gasteiger partial charge is 0.486 e. The first-order valence-electron chi connectivity index (χ1n) is 9.82.